The standard InChI is InChI=1S/C21H21N3O3S/c1-14-6-5-9-18(15(14)2)24-21(26)13-28(27)12-20(25)23-17-10-16-7-3-4-8-19(16)22-11-17/h3-11H,12-13H2,1-2H3,(H,23,25)(H,24,26)/t28-/m0/s1. The predicted octanol–water partition coefficient (Wildman–Crippen LogP) is 3.18. The monoisotopic (exact) mass is 395 g/mol. The second kappa shape index (κ2) is 8.75. The van der Waals surface area contributed by atoms with Gasteiger partial charge in [-0.25, -0.2) is 0 Å². The largest absolute Gasteiger partial charge is 0.325 e. The van der Waals surface area contributed by atoms with Crippen LogP contribution in [0.2, 0.25) is 0 Å². The number of para-hydroxylation sites is 1. The Morgan fingerprint density at radius 3 is 2.46 bits per heavy atom. The Morgan fingerprint density at radius 2 is 1.68 bits per heavy atom. The highest BCUT2D eigenvalue weighted by atomic mass is 32.2. The molecule has 28 heavy (non-hydrogen) atoms. The molecule has 3 rings (SSSR count). The molecule has 6 nitrogen and oxygen atoms in total. The minimum atomic E-state index is -1.61. The molecule has 0 saturated heterocycles. The van der Waals surface area contributed by atoms with Crippen LogP contribution in [-0.4, -0.2) is 32.5 Å². The average Bonchev–Trinajstić information content (AvgIpc) is 2.65. The zero-order valence-electron chi connectivity index (χ0n) is 15.7. The van der Waals surface area contributed by atoms with Gasteiger partial charge >= 0.3 is 0 Å². The molecule has 1 heterocycles. The molecule has 0 bridgehead atoms. The first-order valence-corrected chi connectivity index (χ1v) is 10.3. The van der Waals surface area contributed by atoms with E-state index in [4.69, 9.17) is 0 Å². The summed E-state index contributed by atoms with van der Waals surface area (Å²) in [5.41, 5.74) is 4.06. The van der Waals surface area contributed by atoms with Crippen molar-refractivity contribution in [3.63, 3.8) is 0 Å². The van der Waals surface area contributed by atoms with E-state index in [1.165, 1.54) is 0 Å². The van der Waals surface area contributed by atoms with E-state index in [2.05, 4.69) is 15.6 Å². The van der Waals surface area contributed by atoms with Gasteiger partial charge in [-0.15, -0.1) is 0 Å². The lowest BCUT2D eigenvalue weighted by atomic mass is 10.1. The smallest absolute Gasteiger partial charge is 0.237 e. The molecule has 0 radical (unpaired) electrons. The van der Waals surface area contributed by atoms with E-state index < -0.39 is 16.7 Å². The van der Waals surface area contributed by atoms with Crippen LogP contribution >= 0.6 is 0 Å². The molecule has 2 amide bonds. The highest BCUT2D eigenvalue weighted by Crippen LogP contribution is 2.18. The summed E-state index contributed by atoms with van der Waals surface area (Å²) in [7, 11) is -1.61. The Hall–Kier alpha value is -3.06. The van der Waals surface area contributed by atoms with Gasteiger partial charge in [0.15, 0.2) is 0 Å². The summed E-state index contributed by atoms with van der Waals surface area (Å²) >= 11 is 0. The van der Waals surface area contributed by atoms with Gasteiger partial charge in [0.05, 0.1) is 17.4 Å². The van der Waals surface area contributed by atoms with Gasteiger partial charge in [-0.1, -0.05) is 30.3 Å². The summed E-state index contributed by atoms with van der Waals surface area (Å²) in [6, 6.07) is 15.0. The minimum absolute atomic E-state index is 0.239. The number of pyridine rings is 1. The van der Waals surface area contributed by atoms with Gasteiger partial charge in [-0.3, -0.25) is 18.8 Å². The number of aryl methyl sites for hydroxylation is 1. The van der Waals surface area contributed by atoms with Gasteiger partial charge in [0.2, 0.25) is 11.8 Å². The fourth-order valence-electron chi connectivity index (χ4n) is 2.75. The lowest BCUT2D eigenvalue weighted by Gasteiger charge is -2.10. The summed E-state index contributed by atoms with van der Waals surface area (Å²) in [4.78, 5) is 28.5. The molecular weight excluding hydrogens is 374 g/mol. The van der Waals surface area contributed by atoms with Crippen molar-refractivity contribution >= 4 is 44.9 Å². The van der Waals surface area contributed by atoms with Gasteiger partial charge in [-0.05, 0) is 43.2 Å². The molecule has 0 aliphatic carbocycles. The maximum atomic E-state index is 12.2. The summed E-state index contributed by atoms with van der Waals surface area (Å²) in [5.74, 6) is -1.30. The molecule has 2 N–H and O–H groups in total. The van der Waals surface area contributed by atoms with Crippen LogP contribution in [-0.2, 0) is 20.4 Å². The lowest BCUT2D eigenvalue weighted by molar-refractivity contribution is -0.114. The normalized spacial score (nSPS) is 11.8. The van der Waals surface area contributed by atoms with Crippen molar-refractivity contribution in [2.45, 2.75) is 13.8 Å². The van der Waals surface area contributed by atoms with E-state index in [-0.39, 0.29) is 17.4 Å². The third-order valence-corrected chi connectivity index (χ3v) is 5.51. The van der Waals surface area contributed by atoms with E-state index >= 15 is 0 Å². The molecule has 0 aliphatic rings. The molecule has 1 aromatic heterocycles. The van der Waals surface area contributed by atoms with Crippen molar-refractivity contribution in [1.29, 1.82) is 0 Å². The highest BCUT2D eigenvalue weighted by Gasteiger charge is 2.14. The predicted molar refractivity (Wildman–Crippen MR) is 113 cm³/mol. The fraction of sp³-hybridized carbons (Fsp3) is 0.190. The first kappa shape index (κ1) is 19.7. The lowest BCUT2D eigenvalue weighted by Crippen LogP contribution is -2.26. The van der Waals surface area contributed by atoms with Crippen molar-refractivity contribution < 1.29 is 13.8 Å². The summed E-state index contributed by atoms with van der Waals surface area (Å²) in [5, 5.41) is 6.33. The Bertz CT molecular complexity index is 1070. The average molecular weight is 395 g/mol. The van der Waals surface area contributed by atoms with Crippen LogP contribution < -0.4 is 10.6 Å². The number of nitrogens with one attached hydrogen (secondary N) is 2. The van der Waals surface area contributed by atoms with Crippen molar-refractivity contribution in [2.24, 2.45) is 0 Å². The minimum Gasteiger partial charge on any atom is -0.325 e. The molecule has 0 spiro atoms. The zero-order valence-corrected chi connectivity index (χ0v) is 16.5. The third-order valence-electron chi connectivity index (χ3n) is 4.34. The topological polar surface area (TPSA) is 88.2 Å². The van der Waals surface area contributed by atoms with Crippen LogP contribution in [0, 0.1) is 13.8 Å². The van der Waals surface area contributed by atoms with Gasteiger partial charge in [0, 0.05) is 21.9 Å². The van der Waals surface area contributed by atoms with Crippen LogP contribution in [0.1, 0.15) is 11.1 Å². The molecule has 0 saturated carbocycles. The first-order valence-electron chi connectivity index (χ1n) is 8.78. The number of carbonyl (C=O) groups is 2. The molecule has 7 heteroatoms. The van der Waals surface area contributed by atoms with E-state index in [0.29, 0.717) is 11.4 Å². The Kier molecular flexibility index (Phi) is 6.16. The van der Waals surface area contributed by atoms with Crippen LogP contribution in [0.3, 0.4) is 0 Å². The van der Waals surface area contributed by atoms with Crippen molar-refractivity contribution in [1.82, 2.24) is 4.98 Å². The number of hydrogen-bond donors (Lipinski definition) is 2. The molecule has 0 aliphatic heterocycles. The number of aromatic nitrogens is 1. The number of rotatable bonds is 6. The number of nitrogens with zero attached hydrogens (tertiary/aromatic N) is 1. The number of hydrogen-bond acceptors (Lipinski definition) is 4. The molecule has 2 aromatic carbocycles. The number of anilines is 2. The van der Waals surface area contributed by atoms with Crippen molar-refractivity contribution in [3.8, 4) is 0 Å². The van der Waals surface area contributed by atoms with Crippen molar-refractivity contribution in [3.05, 3.63) is 65.9 Å². The Balaban J connectivity index is 1.54. The van der Waals surface area contributed by atoms with Crippen molar-refractivity contribution in [2.75, 3.05) is 22.1 Å². The zero-order chi connectivity index (χ0) is 20.1. The van der Waals surface area contributed by atoms with Crippen LogP contribution in [0.15, 0.2) is 54.7 Å². The first-order chi connectivity index (χ1) is 13.4. The van der Waals surface area contributed by atoms with Gasteiger partial charge in [0.25, 0.3) is 0 Å². The van der Waals surface area contributed by atoms with E-state index in [1.807, 2.05) is 50.2 Å². The summed E-state index contributed by atoms with van der Waals surface area (Å²) in [6.45, 7) is 3.86. The van der Waals surface area contributed by atoms with Crippen LogP contribution in [0.5, 0.6) is 0 Å². The second-order valence-electron chi connectivity index (χ2n) is 6.49. The van der Waals surface area contributed by atoms with Crippen LogP contribution in [0.25, 0.3) is 10.9 Å². The van der Waals surface area contributed by atoms with Gasteiger partial charge in [-0.2, -0.15) is 0 Å². The number of fused-ring (bicyclic) bond motifs is 1. The highest BCUT2D eigenvalue weighted by molar-refractivity contribution is 7.86. The number of benzene rings is 2. The SMILES string of the molecule is Cc1cccc(NC(=O)C[S@@](=O)CC(=O)Nc2cnc3ccccc3c2)c1C. The van der Waals surface area contributed by atoms with E-state index in [9.17, 15) is 13.8 Å². The Labute approximate surface area is 165 Å². The Morgan fingerprint density at radius 1 is 0.964 bits per heavy atom. The quantitative estimate of drug-likeness (QED) is 0.671. The third kappa shape index (κ3) is 5.01. The summed E-state index contributed by atoms with van der Waals surface area (Å²) in [6.07, 6.45) is 1.55. The number of amides is 2. The second-order valence-corrected chi connectivity index (χ2v) is 7.95. The maximum absolute atomic E-state index is 12.2. The molecule has 0 fully saturated rings. The maximum Gasteiger partial charge on any atom is 0.237 e. The van der Waals surface area contributed by atoms with Crippen LogP contribution in [0.4, 0.5) is 11.4 Å². The molecular formula is C21H21N3O3S. The molecule has 1 atom stereocenters. The fourth-order valence-corrected chi connectivity index (χ4v) is 3.58. The molecule has 3 aromatic rings. The van der Waals surface area contributed by atoms with Gasteiger partial charge in [0.1, 0.15) is 11.5 Å². The van der Waals surface area contributed by atoms with E-state index in [1.54, 1.807) is 18.3 Å². The molecule has 144 valence electrons. The van der Waals surface area contributed by atoms with E-state index in [0.717, 1.165) is 22.0 Å². The summed E-state index contributed by atoms with van der Waals surface area (Å²) < 4.78 is 12.2. The number of carbonyl (C=O) groups excluding carboxylic acids is 2. The molecule has 0 unspecified atom stereocenters. The van der Waals surface area contributed by atoms with Gasteiger partial charge < -0.3 is 10.6 Å².